The van der Waals surface area contributed by atoms with E-state index >= 15 is 0 Å². The van der Waals surface area contributed by atoms with Crippen LogP contribution in [-0.4, -0.2) is 22.2 Å². The lowest BCUT2D eigenvalue weighted by Crippen LogP contribution is -1.96. The van der Waals surface area contributed by atoms with Crippen LogP contribution in [0.3, 0.4) is 0 Å². The summed E-state index contributed by atoms with van der Waals surface area (Å²) in [4.78, 5) is 8.96. The highest BCUT2D eigenvalue weighted by molar-refractivity contribution is 6.30. The van der Waals surface area contributed by atoms with E-state index in [1.807, 2.05) is 61.7 Å². The molecule has 29 heavy (non-hydrogen) atoms. The molecule has 2 heterocycles. The number of aromatic nitrogens is 3. The highest BCUT2D eigenvalue weighted by Crippen LogP contribution is 2.30. The molecule has 0 unspecified atom stereocenters. The van der Waals surface area contributed by atoms with E-state index in [-0.39, 0.29) is 0 Å². The van der Waals surface area contributed by atoms with Gasteiger partial charge in [0.25, 0.3) is 5.89 Å². The highest BCUT2D eigenvalue weighted by Gasteiger charge is 2.17. The predicted molar refractivity (Wildman–Crippen MR) is 117 cm³/mol. The van der Waals surface area contributed by atoms with Crippen LogP contribution in [0, 0.1) is 6.92 Å². The Bertz CT molecular complexity index is 1180. The summed E-state index contributed by atoms with van der Waals surface area (Å²) in [6.45, 7) is 2.06. The van der Waals surface area contributed by atoms with Crippen LogP contribution in [0.15, 0.2) is 71.4 Å². The molecule has 4 rings (SSSR count). The first-order valence-corrected chi connectivity index (χ1v) is 9.54. The average molecular weight is 403 g/mol. The maximum atomic E-state index is 6.24. The van der Waals surface area contributed by atoms with Crippen LogP contribution in [0.2, 0.25) is 5.02 Å². The summed E-state index contributed by atoms with van der Waals surface area (Å²) in [5.74, 6) is 1.57. The lowest BCUT2D eigenvalue weighted by molar-refractivity contribution is 0.409. The van der Waals surface area contributed by atoms with Crippen molar-refractivity contribution in [2.45, 2.75) is 6.92 Å². The Morgan fingerprint density at radius 2 is 1.93 bits per heavy atom. The van der Waals surface area contributed by atoms with Gasteiger partial charge >= 0.3 is 0 Å². The van der Waals surface area contributed by atoms with E-state index < -0.39 is 0 Å². The standard InChI is InChI=1S/C23H19ClN4O/c1-15-7-3-4-8-16(15)14-20(17-9-5-10-18(24)13-17)23-27-22(28-29-23)19-11-6-12-26-21(19)25-2/h3-14H,1-2H3,(H,25,26)/b20-14-. The quantitative estimate of drug-likeness (QED) is 0.432. The number of hydrogen-bond acceptors (Lipinski definition) is 5. The van der Waals surface area contributed by atoms with Crippen molar-refractivity contribution in [2.75, 3.05) is 12.4 Å². The van der Waals surface area contributed by atoms with Crippen molar-refractivity contribution in [3.05, 3.63) is 94.5 Å². The first-order chi connectivity index (χ1) is 14.2. The van der Waals surface area contributed by atoms with Crippen molar-refractivity contribution in [1.29, 1.82) is 0 Å². The summed E-state index contributed by atoms with van der Waals surface area (Å²) < 4.78 is 5.66. The number of pyridine rings is 1. The third kappa shape index (κ3) is 4.05. The molecule has 0 aliphatic heterocycles. The van der Waals surface area contributed by atoms with Crippen LogP contribution in [0.5, 0.6) is 0 Å². The van der Waals surface area contributed by atoms with E-state index in [4.69, 9.17) is 16.1 Å². The van der Waals surface area contributed by atoms with Crippen molar-refractivity contribution >= 4 is 29.1 Å². The van der Waals surface area contributed by atoms with Crippen molar-refractivity contribution in [3.8, 4) is 11.4 Å². The Labute approximate surface area is 174 Å². The van der Waals surface area contributed by atoms with Crippen LogP contribution < -0.4 is 5.32 Å². The molecule has 0 radical (unpaired) electrons. The molecular formula is C23H19ClN4O. The van der Waals surface area contributed by atoms with Crippen molar-refractivity contribution in [3.63, 3.8) is 0 Å². The number of aryl methyl sites for hydroxylation is 1. The van der Waals surface area contributed by atoms with Gasteiger partial charge in [-0.2, -0.15) is 4.98 Å². The minimum absolute atomic E-state index is 0.413. The average Bonchev–Trinajstić information content (AvgIpc) is 3.23. The Morgan fingerprint density at radius 3 is 2.72 bits per heavy atom. The van der Waals surface area contributed by atoms with Crippen LogP contribution >= 0.6 is 11.6 Å². The molecule has 6 heteroatoms. The van der Waals surface area contributed by atoms with Gasteiger partial charge in [0.2, 0.25) is 5.82 Å². The second kappa shape index (κ2) is 8.29. The fourth-order valence-electron chi connectivity index (χ4n) is 3.06. The van der Waals surface area contributed by atoms with E-state index in [2.05, 4.69) is 39.5 Å². The SMILES string of the molecule is CNc1ncccc1-c1noc(/C(=C\c2ccccc2C)c2cccc(Cl)c2)n1. The maximum absolute atomic E-state index is 6.24. The fourth-order valence-corrected chi connectivity index (χ4v) is 3.25. The van der Waals surface area contributed by atoms with Crippen LogP contribution in [0.1, 0.15) is 22.6 Å². The molecule has 1 N–H and O–H groups in total. The van der Waals surface area contributed by atoms with Gasteiger partial charge in [-0.25, -0.2) is 4.98 Å². The van der Waals surface area contributed by atoms with Gasteiger partial charge in [0.1, 0.15) is 5.82 Å². The predicted octanol–water partition coefficient (Wildman–Crippen LogP) is 5.72. The van der Waals surface area contributed by atoms with Gasteiger partial charge in [0, 0.05) is 23.8 Å². The first-order valence-electron chi connectivity index (χ1n) is 9.16. The van der Waals surface area contributed by atoms with Gasteiger partial charge < -0.3 is 9.84 Å². The van der Waals surface area contributed by atoms with Gasteiger partial charge in [-0.1, -0.05) is 53.2 Å². The number of anilines is 1. The van der Waals surface area contributed by atoms with E-state index in [0.29, 0.717) is 22.6 Å². The Kier molecular flexibility index (Phi) is 5.40. The minimum atomic E-state index is 0.413. The summed E-state index contributed by atoms with van der Waals surface area (Å²) in [7, 11) is 1.81. The van der Waals surface area contributed by atoms with Gasteiger partial charge in [0.15, 0.2) is 0 Å². The third-order valence-electron chi connectivity index (χ3n) is 4.57. The van der Waals surface area contributed by atoms with E-state index in [1.54, 1.807) is 6.20 Å². The molecule has 0 bridgehead atoms. The van der Waals surface area contributed by atoms with Crippen molar-refractivity contribution in [1.82, 2.24) is 15.1 Å². The lowest BCUT2D eigenvalue weighted by Gasteiger charge is -2.06. The molecule has 4 aromatic rings. The van der Waals surface area contributed by atoms with E-state index in [0.717, 1.165) is 27.8 Å². The molecule has 2 aromatic carbocycles. The monoisotopic (exact) mass is 402 g/mol. The molecule has 0 spiro atoms. The smallest absolute Gasteiger partial charge is 0.258 e. The second-order valence-electron chi connectivity index (χ2n) is 6.50. The minimum Gasteiger partial charge on any atom is -0.373 e. The van der Waals surface area contributed by atoms with Crippen LogP contribution in [0.25, 0.3) is 23.0 Å². The molecule has 0 saturated heterocycles. The number of benzene rings is 2. The summed E-state index contributed by atoms with van der Waals surface area (Å²) in [5, 5.41) is 7.88. The summed E-state index contributed by atoms with van der Waals surface area (Å²) in [6.07, 6.45) is 3.76. The fraction of sp³-hybridized carbons (Fsp3) is 0.0870. The molecule has 144 valence electrons. The molecule has 0 aliphatic rings. The van der Waals surface area contributed by atoms with Gasteiger partial charge in [-0.3, -0.25) is 0 Å². The van der Waals surface area contributed by atoms with Gasteiger partial charge in [-0.05, 0) is 54.0 Å². The summed E-state index contributed by atoms with van der Waals surface area (Å²) in [5.41, 5.74) is 4.69. The number of nitrogens with zero attached hydrogens (tertiary/aromatic N) is 3. The Hall–Kier alpha value is -3.44. The number of hydrogen-bond donors (Lipinski definition) is 1. The number of halogens is 1. The zero-order chi connectivity index (χ0) is 20.2. The van der Waals surface area contributed by atoms with Gasteiger partial charge in [-0.15, -0.1) is 0 Å². The van der Waals surface area contributed by atoms with E-state index in [1.165, 1.54) is 0 Å². The normalized spacial score (nSPS) is 11.5. The first kappa shape index (κ1) is 18.9. The Balaban J connectivity index is 1.85. The topological polar surface area (TPSA) is 63.8 Å². The van der Waals surface area contributed by atoms with Gasteiger partial charge in [0.05, 0.1) is 5.56 Å². The van der Waals surface area contributed by atoms with Crippen molar-refractivity contribution < 1.29 is 4.52 Å². The molecule has 2 aromatic heterocycles. The number of rotatable bonds is 5. The molecular weight excluding hydrogens is 384 g/mol. The third-order valence-corrected chi connectivity index (χ3v) is 4.80. The summed E-state index contributed by atoms with van der Waals surface area (Å²) >= 11 is 6.24. The molecule has 0 saturated carbocycles. The summed E-state index contributed by atoms with van der Waals surface area (Å²) in [6, 6.07) is 19.5. The largest absolute Gasteiger partial charge is 0.373 e. The van der Waals surface area contributed by atoms with Crippen LogP contribution in [-0.2, 0) is 0 Å². The molecule has 0 atom stereocenters. The molecule has 5 nitrogen and oxygen atoms in total. The zero-order valence-corrected chi connectivity index (χ0v) is 16.8. The Morgan fingerprint density at radius 1 is 1.07 bits per heavy atom. The zero-order valence-electron chi connectivity index (χ0n) is 16.1. The molecule has 0 fully saturated rings. The van der Waals surface area contributed by atoms with Crippen LogP contribution in [0.4, 0.5) is 5.82 Å². The molecule has 0 amide bonds. The lowest BCUT2D eigenvalue weighted by atomic mass is 10.0. The highest BCUT2D eigenvalue weighted by atomic mass is 35.5. The molecule has 0 aliphatic carbocycles. The van der Waals surface area contributed by atoms with Crippen molar-refractivity contribution in [2.24, 2.45) is 0 Å². The number of nitrogens with one attached hydrogen (secondary N) is 1. The maximum Gasteiger partial charge on any atom is 0.258 e. The van der Waals surface area contributed by atoms with E-state index in [9.17, 15) is 0 Å². The second-order valence-corrected chi connectivity index (χ2v) is 6.93.